The molecular weight excluding hydrogens is 270 g/mol. The lowest BCUT2D eigenvalue weighted by molar-refractivity contribution is -0.136. The monoisotopic (exact) mass is 287 g/mol. The number of nitrogens with one attached hydrogen (secondary N) is 1. The van der Waals surface area contributed by atoms with E-state index in [4.69, 9.17) is 4.74 Å². The first-order chi connectivity index (χ1) is 10.2. The van der Waals surface area contributed by atoms with Gasteiger partial charge in [0, 0.05) is 31.5 Å². The van der Waals surface area contributed by atoms with E-state index in [1.54, 1.807) is 11.9 Å². The maximum Gasteiger partial charge on any atom is 0.255 e. The third kappa shape index (κ3) is 2.62. The molecular formula is C15H17N3O3. The summed E-state index contributed by atoms with van der Waals surface area (Å²) < 4.78 is 7.30. The number of hydrogen-bond acceptors (Lipinski definition) is 3. The summed E-state index contributed by atoms with van der Waals surface area (Å²) in [7, 11) is 1.56. The topological polar surface area (TPSA) is 63.1 Å². The highest BCUT2D eigenvalue weighted by Gasteiger charge is 2.29. The van der Waals surface area contributed by atoms with E-state index in [2.05, 4.69) is 5.32 Å². The van der Waals surface area contributed by atoms with Crippen LogP contribution in [-0.4, -0.2) is 54.0 Å². The Balaban J connectivity index is 1.79. The zero-order chi connectivity index (χ0) is 14.8. The summed E-state index contributed by atoms with van der Waals surface area (Å²) in [6, 6.07) is 7.65. The molecule has 2 aromatic heterocycles. The fourth-order valence-corrected chi connectivity index (χ4v) is 2.51. The maximum atomic E-state index is 12.6. The molecule has 1 atom stereocenters. The number of amides is 2. The zero-order valence-corrected chi connectivity index (χ0v) is 11.8. The van der Waals surface area contributed by atoms with Gasteiger partial charge in [0.05, 0.1) is 18.7 Å². The fraction of sp³-hybridized carbons (Fsp3) is 0.333. The Kier molecular flexibility index (Phi) is 3.62. The van der Waals surface area contributed by atoms with Gasteiger partial charge < -0.3 is 19.4 Å². The number of rotatable bonds is 2. The van der Waals surface area contributed by atoms with Crippen LogP contribution in [0, 0.1) is 0 Å². The molecule has 0 bridgehead atoms. The van der Waals surface area contributed by atoms with Gasteiger partial charge in [0.15, 0.2) is 6.10 Å². The van der Waals surface area contributed by atoms with Crippen molar-refractivity contribution in [3.8, 4) is 0 Å². The predicted octanol–water partition coefficient (Wildman–Crippen LogP) is 0.526. The minimum absolute atomic E-state index is 0.0732. The molecule has 3 rings (SSSR count). The van der Waals surface area contributed by atoms with Crippen LogP contribution in [-0.2, 0) is 9.53 Å². The van der Waals surface area contributed by atoms with Gasteiger partial charge in [-0.2, -0.15) is 0 Å². The molecule has 6 heteroatoms. The number of pyridine rings is 1. The highest BCUT2D eigenvalue weighted by atomic mass is 16.5. The van der Waals surface area contributed by atoms with E-state index in [9.17, 15) is 9.59 Å². The van der Waals surface area contributed by atoms with Crippen LogP contribution >= 0.6 is 0 Å². The smallest absolute Gasteiger partial charge is 0.255 e. The number of nitrogens with zero attached hydrogens (tertiary/aromatic N) is 2. The minimum atomic E-state index is -0.593. The Morgan fingerprint density at radius 2 is 2.24 bits per heavy atom. The number of fused-ring (bicyclic) bond motifs is 1. The molecule has 0 spiro atoms. The second-order valence-electron chi connectivity index (χ2n) is 4.99. The zero-order valence-electron chi connectivity index (χ0n) is 11.8. The summed E-state index contributed by atoms with van der Waals surface area (Å²) in [6.07, 6.45) is 3.12. The quantitative estimate of drug-likeness (QED) is 0.876. The van der Waals surface area contributed by atoms with Gasteiger partial charge in [-0.25, -0.2) is 0 Å². The maximum absolute atomic E-state index is 12.6. The second kappa shape index (κ2) is 5.57. The van der Waals surface area contributed by atoms with E-state index >= 15 is 0 Å². The molecule has 0 radical (unpaired) electrons. The molecule has 3 heterocycles. The number of morpholine rings is 1. The van der Waals surface area contributed by atoms with Gasteiger partial charge in [0.1, 0.15) is 0 Å². The van der Waals surface area contributed by atoms with Crippen LogP contribution in [0.2, 0.25) is 0 Å². The standard InChI is InChI=1S/C15H17N3O3/c1-16-14(19)13-10-18(6-7-21-13)15(20)11-8-12-4-2-3-5-17(12)9-11/h2-5,8-9,13H,6-7,10H2,1H3,(H,16,19)/t13-/m1/s1. The minimum Gasteiger partial charge on any atom is -0.365 e. The average molecular weight is 287 g/mol. The van der Waals surface area contributed by atoms with Gasteiger partial charge in [0.25, 0.3) is 11.8 Å². The number of ether oxygens (including phenoxy) is 1. The summed E-state index contributed by atoms with van der Waals surface area (Å²) in [4.78, 5) is 25.9. The van der Waals surface area contributed by atoms with Gasteiger partial charge >= 0.3 is 0 Å². The molecule has 1 saturated heterocycles. The Morgan fingerprint density at radius 1 is 1.38 bits per heavy atom. The average Bonchev–Trinajstić information content (AvgIpc) is 2.97. The van der Waals surface area contributed by atoms with E-state index in [1.165, 1.54) is 0 Å². The number of carbonyl (C=O) groups is 2. The van der Waals surface area contributed by atoms with Crippen molar-refractivity contribution < 1.29 is 14.3 Å². The summed E-state index contributed by atoms with van der Waals surface area (Å²) in [5.41, 5.74) is 1.59. The molecule has 1 N–H and O–H groups in total. The van der Waals surface area contributed by atoms with Gasteiger partial charge in [0.2, 0.25) is 0 Å². The normalized spacial score (nSPS) is 18.7. The van der Waals surface area contributed by atoms with E-state index in [1.807, 2.05) is 41.1 Å². The SMILES string of the molecule is CNC(=O)[C@H]1CN(C(=O)c2cc3ccccn3c2)CCO1. The van der Waals surface area contributed by atoms with Crippen LogP contribution in [0.4, 0.5) is 0 Å². The van der Waals surface area contributed by atoms with Gasteiger partial charge in [-0.05, 0) is 18.2 Å². The Labute approximate surface area is 122 Å². The number of carbonyl (C=O) groups excluding carboxylic acids is 2. The third-order valence-electron chi connectivity index (χ3n) is 3.64. The van der Waals surface area contributed by atoms with Gasteiger partial charge in [-0.15, -0.1) is 0 Å². The van der Waals surface area contributed by atoms with Crippen LogP contribution in [0.1, 0.15) is 10.4 Å². The molecule has 1 fully saturated rings. The molecule has 21 heavy (non-hydrogen) atoms. The molecule has 110 valence electrons. The number of likely N-dealkylation sites (N-methyl/N-ethyl adjacent to an activating group) is 1. The highest BCUT2D eigenvalue weighted by Crippen LogP contribution is 2.14. The van der Waals surface area contributed by atoms with Crippen molar-refractivity contribution in [1.29, 1.82) is 0 Å². The molecule has 1 aliphatic rings. The Bertz CT molecular complexity index is 647. The summed E-state index contributed by atoms with van der Waals surface area (Å²) in [5.74, 6) is -0.273. The summed E-state index contributed by atoms with van der Waals surface area (Å²) in [5, 5.41) is 2.55. The van der Waals surface area contributed by atoms with E-state index in [-0.39, 0.29) is 18.4 Å². The van der Waals surface area contributed by atoms with Crippen molar-refractivity contribution in [3.05, 3.63) is 42.2 Å². The lowest BCUT2D eigenvalue weighted by atomic mass is 10.2. The second-order valence-corrected chi connectivity index (χ2v) is 4.99. The first kappa shape index (κ1) is 13.6. The first-order valence-electron chi connectivity index (χ1n) is 6.88. The molecule has 0 saturated carbocycles. The van der Waals surface area contributed by atoms with E-state index < -0.39 is 6.10 Å². The molecule has 6 nitrogen and oxygen atoms in total. The molecule has 0 unspecified atom stereocenters. The van der Waals surface area contributed by atoms with Crippen molar-refractivity contribution in [3.63, 3.8) is 0 Å². The molecule has 1 aliphatic heterocycles. The molecule has 0 aromatic carbocycles. The Hall–Kier alpha value is -2.34. The fourth-order valence-electron chi connectivity index (χ4n) is 2.51. The van der Waals surface area contributed by atoms with E-state index in [0.29, 0.717) is 18.7 Å². The number of aromatic nitrogens is 1. The van der Waals surface area contributed by atoms with E-state index in [0.717, 1.165) is 5.52 Å². The molecule has 2 amide bonds. The first-order valence-corrected chi connectivity index (χ1v) is 6.88. The van der Waals surface area contributed by atoms with Crippen LogP contribution in [0.3, 0.4) is 0 Å². The lowest BCUT2D eigenvalue weighted by Gasteiger charge is -2.31. The van der Waals surface area contributed by atoms with Crippen molar-refractivity contribution in [2.24, 2.45) is 0 Å². The van der Waals surface area contributed by atoms with Gasteiger partial charge in [-0.1, -0.05) is 6.07 Å². The van der Waals surface area contributed by atoms with Crippen molar-refractivity contribution in [2.75, 3.05) is 26.7 Å². The van der Waals surface area contributed by atoms with Crippen LogP contribution < -0.4 is 5.32 Å². The van der Waals surface area contributed by atoms with Crippen LogP contribution in [0.5, 0.6) is 0 Å². The predicted molar refractivity (Wildman–Crippen MR) is 77.1 cm³/mol. The van der Waals surface area contributed by atoms with Crippen molar-refractivity contribution in [2.45, 2.75) is 6.10 Å². The lowest BCUT2D eigenvalue weighted by Crippen LogP contribution is -2.51. The Morgan fingerprint density at radius 3 is 3.00 bits per heavy atom. The van der Waals surface area contributed by atoms with Crippen LogP contribution in [0.15, 0.2) is 36.7 Å². The molecule has 0 aliphatic carbocycles. The largest absolute Gasteiger partial charge is 0.365 e. The number of hydrogen-bond donors (Lipinski definition) is 1. The third-order valence-corrected chi connectivity index (χ3v) is 3.64. The highest BCUT2D eigenvalue weighted by molar-refractivity contribution is 5.96. The summed E-state index contributed by atoms with van der Waals surface area (Å²) >= 11 is 0. The molecule has 2 aromatic rings. The van der Waals surface area contributed by atoms with Crippen LogP contribution in [0.25, 0.3) is 5.52 Å². The van der Waals surface area contributed by atoms with Gasteiger partial charge in [-0.3, -0.25) is 9.59 Å². The van der Waals surface area contributed by atoms with Crippen molar-refractivity contribution in [1.82, 2.24) is 14.6 Å². The summed E-state index contributed by atoms with van der Waals surface area (Å²) in [6.45, 7) is 1.15. The van der Waals surface area contributed by atoms with Crippen molar-refractivity contribution >= 4 is 17.3 Å².